The minimum Gasteiger partial charge on any atom is -0.393 e. The first-order valence-electron chi connectivity index (χ1n) is 13.0. The van der Waals surface area contributed by atoms with Crippen LogP contribution in [0.4, 0.5) is 0 Å². The highest BCUT2D eigenvalue weighted by Crippen LogP contribution is 2.69. The molecule has 4 aliphatic carbocycles. The number of aliphatic hydroxyl groups is 1. The third kappa shape index (κ3) is 2.55. The van der Waals surface area contributed by atoms with Crippen LogP contribution in [-0.2, 0) is 9.47 Å². The zero-order valence-corrected chi connectivity index (χ0v) is 19.5. The smallest absolute Gasteiger partial charge is 0.171 e. The second-order valence-electron chi connectivity index (χ2n) is 12.7. The molecule has 0 aromatic heterocycles. The lowest BCUT2D eigenvalue weighted by Crippen LogP contribution is -2.50. The van der Waals surface area contributed by atoms with Crippen LogP contribution in [0.25, 0.3) is 0 Å². The largest absolute Gasteiger partial charge is 0.393 e. The fourth-order valence-electron chi connectivity index (χ4n) is 9.52. The second-order valence-corrected chi connectivity index (χ2v) is 12.7. The van der Waals surface area contributed by atoms with Crippen LogP contribution in [0.3, 0.4) is 0 Å². The average Bonchev–Trinajstić information content (AvgIpc) is 3.16. The van der Waals surface area contributed by atoms with Crippen molar-refractivity contribution in [3.05, 3.63) is 11.6 Å². The van der Waals surface area contributed by atoms with E-state index in [1.165, 1.54) is 38.5 Å². The first kappa shape index (κ1) is 20.2. The highest BCUT2D eigenvalue weighted by atomic mass is 16.7. The fraction of sp³-hybridized carbons (Fsp3) is 0.926. The van der Waals surface area contributed by atoms with Crippen molar-refractivity contribution in [2.24, 2.45) is 46.3 Å². The number of hydrogen-bond donors (Lipinski definition) is 1. The molecule has 1 N–H and O–H groups in total. The van der Waals surface area contributed by atoms with Crippen LogP contribution in [0.2, 0.25) is 0 Å². The van der Waals surface area contributed by atoms with E-state index in [9.17, 15) is 5.11 Å². The number of ether oxygens (including phenoxy) is 2. The van der Waals surface area contributed by atoms with Crippen molar-refractivity contribution in [1.29, 1.82) is 0 Å². The molecule has 6 aliphatic rings. The maximum Gasteiger partial charge on any atom is 0.171 e. The molecule has 6 rings (SSSR count). The molecule has 0 aromatic rings. The lowest BCUT2D eigenvalue weighted by molar-refractivity contribution is -0.272. The molecule has 168 valence electrons. The van der Waals surface area contributed by atoms with Crippen molar-refractivity contribution < 1.29 is 14.6 Å². The van der Waals surface area contributed by atoms with E-state index >= 15 is 0 Å². The van der Waals surface area contributed by atoms with E-state index in [-0.39, 0.29) is 11.9 Å². The Morgan fingerprint density at radius 2 is 1.87 bits per heavy atom. The monoisotopic (exact) mass is 414 g/mol. The van der Waals surface area contributed by atoms with Gasteiger partial charge in [-0.15, -0.1) is 0 Å². The van der Waals surface area contributed by atoms with E-state index in [1.807, 2.05) is 0 Å². The van der Waals surface area contributed by atoms with E-state index in [0.29, 0.717) is 40.6 Å². The van der Waals surface area contributed by atoms with Gasteiger partial charge in [0.2, 0.25) is 0 Å². The van der Waals surface area contributed by atoms with Crippen LogP contribution in [-0.4, -0.2) is 29.7 Å². The van der Waals surface area contributed by atoms with Gasteiger partial charge in [0.05, 0.1) is 18.8 Å². The maximum atomic E-state index is 10.3. The van der Waals surface area contributed by atoms with E-state index < -0.39 is 0 Å². The van der Waals surface area contributed by atoms with Crippen molar-refractivity contribution >= 4 is 0 Å². The predicted octanol–water partition coefficient (Wildman–Crippen LogP) is 5.71. The first-order chi connectivity index (χ1) is 14.3. The Morgan fingerprint density at radius 1 is 1.03 bits per heavy atom. The lowest BCUT2D eigenvalue weighted by atomic mass is 9.48. The summed E-state index contributed by atoms with van der Waals surface area (Å²) in [6.07, 6.45) is 13.6. The summed E-state index contributed by atoms with van der Waals surface area (Å²) in [6.45, 7) is 10.7. The molecule has 3 nitrogen and oxygen atoms in total. The molecule has 0 radical (unpaired) electrons. The standard InChI is InChI=1S/C27H42O3/c1-16-7-12-27(29-15-16)17(2)24-23(30-27)14-22-20-6-5-18-13-19(28)8-10-25(18,3)21(20)9-11-26(22,24)4/h9,16-20,22-24,28H,5-8,10-15H2,1-4H3. The van der Waals surface area contributed by atoms with Crippen molar-refractivity contribution in [2.45, 2.75) is 103 Å². The van der Waals surface area contributed by atoms with Crippen molar-refractivity contribution in [1.82, 2.24) is 0 Å². The molecule has 3 heteroatoms. The lowest BCUT2D eigenvalue weighted by Gasteiger charge is -2.57. The van der Waals surface area contributed by atoms with Gasteiger partial charge in [-0.1, -0.05) is 39.3 Å². The van der Waals surface area contributed by atoms with E-state index in [1.54, 1.807) is 5.57 Å². The third-order valence-corrected chi connectivity index (χ3v) is 11.3. The van der Waals surface area contributed by atoms with Gasteiger partial charge >= 0.3 is 0 Å². The molecule has 11 unspecified atom stereocenters. The third-order valence-electron chi connectivity index (χ3n) is 11.3. The fourth-order valence-corrected chi connectivity index (χ4v) is 9.52. The quantitative estimate of drug-likeness (QED) is 0.516. The number of hydrogen-bond acceptors (Lipinski definition) is 3. The summed E-state index contributed by atoms with van der Waals surface area (Å²) in [4.78, 5) is 0. The van der Waals surface area contributed by atoms with Gasteiger partial charge in [0, 0.05) is 12.3 Å². The Morgan fingerprint density at radius 3 is 2.63 bits per heavy atom. The summed E-state index contributed by atoms with van der Waals surface area (Å²) >= 11 is 0. The normalized spacial score (nSPS) is 59.8. The van der Waals surface area contributed by atoms with Gasteiger partial charge in [0.1, 0.15) is 0 Å². The van der Waals surface area contributed by atoms with Crippen molar-refractivity contribution in [2.75, 3.05) is 6.61 Å². The molecule has 0 aromatic carbocycles. The van der Waals surface area contributed by atoms with Gasteiger partial charge in [-0.25, -0.2) is 0 Å². The van der Waals surface area contributed by atoms with Gasteiger partial charge in [0.15, 0.2) is 5.79 Å². The number of rotatable bonds is 0. The van der Waals surface area contributed by atoms with Crippen LogP contribution < -0.4 is 0 Å². The molecular weight excluding hydrogens is 372 g/mol. The van der Waals surface area contributed by atoms with Crippen LogP contribution in [0.5, 0.6) is 0 Å². The Balaban J connectivity index is 1.30. The van der Waals surface area contributed by atoms with Gasteiger partial charge in [0.25, 0.3) is 0 Å². The van der Waals surface area contributed by atoms with Gasteiger partial charge < -0.3 is 14.6 Å². The molecule has 2 saturated heterocycles. The van der Waals surface area contributed by atoms with E-state index in [0.717, 1.165) is 37.7 Å². The van der Waals surface area contributed by atoms with Crippen molar-refractivity contribution in [3.63, 3.8) is 0 Å². The average molecular weight is 415 g/mol. The number of allylic oxidation sites excluding steroid dienone is 2. The van der Waals surface area contributed by atoms with Crippen LogP contribution in [0, 0.1) is 46.3 Å². The SMILES string of the molecule is CC1CCC2(OC1)OC1CC3C4CCC5CC(O)CCC5(C)C4=CCC3(C)C1C2C. The van der Waals surface area contributed by atoms with Crippen molar-refractivity contribution in [3.8, 4) is 0 Å². The zero-order chi connectivity index (χ0) is 20.9. The molecule has 2 heterocycles. The molecule has 30 heavy (non-hydrogen) atoms. The van der Waals surface area contributed by atoms with Crippen LogP contribution in [0.1, 0.15) is 85.5 Å². The minimum absolute atomic E-state index is 0.0661. The highest BCUT2D eigenvalue weighted by Gasteiger charge is 2.67. The van der Waals surface area contributed by atoms with E-state index in [2.05, 4.69) is 33.8 Å². The maximum absolute atomic E-state index is 10.3. The van der Waals surface area contributed by atoms with Gasteiger partial charge in [-0.05, 0) is 91.8 Å². The number of fused-ring (bicyclic) bond motifs is 7. The molecule has 1 spiro atoms. The summed E-state index contributed by atoms with van der Waals surface area (Å²) < 4.78 is 13.3. The number of aliphatic hydroxyl groups excluding tert-OH is 1. The topological polar surface area (TPSA) is 38.7 Å². The first-order valence-corrected chi connectivity index (χ1v) is 13.0. The molecule has 0 bridgehead atoms. The minimum atomic E-state index is -0.303. The zero-order valence-electron chi connectivity index (χ0n) is 19.5. The molecule has 2 aliphatic heterocycles. The van der Waals surface area contributed by atoms with E-state index in [4.69, 9.17) is 9.47 Å². The molecule has 0 amide bonds. The predicted molar refractivity (Wildman–Crippen MR) is 118 cm³/mol. The van der Waals surface area contributed by atoms with Crippen LogP contribution in [0.15, 0.2) is 11.6 Å². The van der Waals surface area contributed by atoms with Crippen LogP contribution >= 0.6 is 0 Å². The van der Waals surface area contributed by atoms with Gasteiger partial charge in [-0.3, -0.25) is 0 Å². The summed E-state index contributed by atoms with van der Waals surface area (Å²) in [6, 6.07) is 0. The Kier molecular flexibility index (Phi) is 4.44. The summed E-state index contributed by atoms with van der Waals surface area (Å²) in [5.41, 5.74) is 2.46. The van der Waals surface area contributed by atoms with Gasteiger partial charge in [-0.2, -0.15) is 0 Å². The Bertz CT molecular complexity index is 736. The Labute approximate surface area is 183 Å². The molecule has 3 saturated carbocycles. The second kappa shape index (κ2) is 6.58. The summed E-state index contributed by atoms with van der Waals surface area (Å²) in [5.74, 6) is 3.68. The molecule has 11 atom stereocenters. The molecular formula is C27H42O3. The highest BCUT2D eigenvalue weighted by molar-refractivity contribution is 5.30. The summed E-state index contributed by atoms with van der Waals surface area (Å²) in [5, 5.41) is 10.3. The molecule has 5 fully saturated rings. The Hall–Kier alpha value is -0.380. The summed E-state index contributed by atoms with van der Waals surface area (Å²) in [7, 11) is 0.